The van der Waals surface area contributed by atoms with Crippen LogP contribution in [0.25, 0.3) is 0 Å². The maximum Gasteiger partial charge on any atom is 0.335 e. The highest BCUT2D eigenvalue weighted by Gasteiger charge is 2.25. The molecule has 17 nitrogen and oxygen atoms in total. The Kier molecular flexibility index (Phi) is 34.5. The Balaban J connectivity index is 0.000000159. The van der Waals surface area contributed by atoms with Crippen molar-refractivity contribution < 1.29 is 39.5 Å². The van der Waals surface area contributed by atoms with Crippen molar-refractivity contribution in [3.8, 4) is 28.7 Å². The molecule has 132 heavy (non-hydrogen) atoms. The molecule has 15 rings (SSSR count). The van der Waals surface area contributed by atoms with Gasteiger partial charge in [-0.1, -0.05) is 188 Å². The highest BCUT2D eigenvalue weighted by Crippen LogP contribution is 2.42. The van der Waals surface area contributed by atoms with Crippen LogP contribution >= 0.6 is 12.0 Å². The van der Waals surface area contributed by atoms with E-state index in [1.54, 1.807) is 42.7 Å². The van der Waals surface area contributed by atoms with Crippen LogP contribution in [0, 0.1) is 6.92 Å². The van der Waals surface area contributed by atoms with E-state index in [2.05, 4.69) is 339 Å². The summed E-state index contributed by atoms with van der Waals surface area (Å²) in [6.07, 6.45) is 1.80. The van der Waals surface area contributed by atoms with Crippen molar-refractivity contribution in [2.24, 2.45) is 0 Å². The highest BCUT2D eigenvalue weighted by molar-refractivity contribution is 7.93. The van der Waals surface area contributed by atoms with Crippen LogP contribution in [0.15, 0.2) is 358 Å². The number of nitrogens with zero attached hydrogens (tertiary/aromatic N) is 8. The zero-order valence-corrected chi connectivity index (χ0v) is 79.8. The fraction of sp³-hybridized carbons (Fsp3) is 0.202. The average Bonchev–Trinajstić information content (AvgIpc) is 0.795. The van der Waals surface area contributed by atoms with Crippen molar-refractivity contribution in [1.29, 1.82) is 0 Å². The van der Waals surface area contributed by atoms with Crippen LogP contribution in [0.5, 0.6) is 28.7 Å². The number of phenolic OH excluding ortho intramolecular Hbond substituents is 4. The second-order valence-corrected chi connectivity index (χ2v) is 34.9. The molecule has 0 spiro atoms. The van der Waals surface area contributed by atoms with Crippen molar-refractivity contribution in [3.05, 3.63) is 452 Å². The fourth-order valence-electron chi connectivity index (χ4n) is 15.9. The average molecular weight is 1780 g/mol. The molecule has 0 aliphatic heterocycles. The molecule has 0 aliphatic carbocycles. The molecule has 7 N–H and O–H groups in total. The summed E-state index contributed by atoms with van der Waals surface area (Å²) in [4.78, 5) is 33.1. The van der Waals surface area contributed by atoms with Gasteiger partial charge < -0.3 is 75.4 Å². The van der Waals surface area contributed by atoms with Gasteiger partial charge in [0, 0.05) is 218 Å². The molecule has 1 unspecified atom stereocenters. The molecule has 15 aromatic carbocycles. The number of aromatic carboxylic acids is 1. The molecular weight excluding hydrogens is 1660 g/mol. The smallest absolute Gasteiger partial charge is 0.335 e. The van der Waals surface area contributed by atoms with E-state index in [0.717, 1.165) is 90.8 Å². The minimum absolute atomic E-state index is 0.0308. The second-order valence-electron chi connectivity index (χ2n) is 34.4. The van der Waals surface area contributed by atoms with Crippen LogP contribution in [-0.4, -0.2) is 151 Å². The van der Waals surface area contributed by atoms with E-state index in [9.17, 15) is 30.3 Å². The Labute approximate surface area is 785 Å². The number of hydrogen-bond acceptors (Lipinski definition) is 17. The van der Waals surface area contributed by atoms with E-state index >= 15 is 0 Å². The van der Waals surface area contributed by atoms with Crippen molar-refractivity contribution in [1.82, 2.24) is 0 Å². The summed E-state index contributed by atoms with van der Waals surface area (Å²) in [5, 5.41) is 49.1. The van der Waals surface area contributed by atoms with Gasteiger partial charge in [0.15, 0.2) is 5.75 Å². The van der Waals surface area contributed by atoms with E-state index in [0.29, 0.717) is 17.1 Å². The summed E-state index contributed by atoms with van der Waals surface area (Å²) < 4.78 is 4.90. The molecule has 0 saturated carbocycles. The molecule has 0 radical (unpaired) electrons. The monoisotopic (exact) mass is 1780 g/mol. The third kappa shape index (κ3) is 26.7. The molecule has 0 aromatic heterocycles. The van der Waals surface area contributed by atoms with Crippen molar-refractivity contribution in [2.75, 3.05) is 164 Å². The fourth-order valence-corrected chi connectivity index (χ4v) is 16.1. The predicted octanol–water partition coefficient (Wildman–Crippen LogP) is 23.9. The zero-order chi connectivity index (χ0) is 94.8. The van der Waals surface area contributed by atoms with Gasteiger partial charge in [-0.15, -0.1) is 4.33 Å². The molecule has 0 saturated heterocycles. The van der Waals surface area contributed by atoms with Gasteiger partial charge in [-0.25, -0.2) is 4.79 Å². The minimum atomic E-state index is -0.909. The van der Waals surface area contributed by atoms with Crippen LogP contribution in [-0.2, 0) is 4.33 Å². The van der Waals surface area contributed by atoms with Crippen molar-refractivity contribution >= 4 is 69.2 Å². The number of aromatic hydroxyl groups is 4. The normalized spacial score (nSPS) is 11.0. The number of nitrogen functional groups attached to an aromatic ring is 1. The maximum absolute atomic E-state index is 11.2. The lowest BCUT2D eigenvalue weighted by Gasteiger charge is -2.23. The number of anilines is 9. The topological polar surface area (TPSA) is 189 Å². The van der Waals surface area contributed by atoms with E-state index in [1.165, 1.54) is 67.5 Å². The molecule has 680 valence electrons. The summed E-state index contributed by atoms with van der Waals surface area (Å²) >= 11 is 1.15. The quantitative estimate of drug-likeness (QED) is 0.00937. The molecule has 0 aliphatic rings. The minimum Gasteiger partial charge on any atom is -0.508 e. The first-order valence-electron chi connectivity index (χ1n) is 43.8. The molecule has 0 fully saturated rings. The molecule has 0 heterocycles. The summed E-state index contributed by atoms with van der Waals surface area (Å²) in [5.74, 6) is 0.616. The van der Waals surface area contributed by atoms with Crippen molar-refractivity contribution in [3.63, 3.8) is 0 Å². The lowest BCUT2D eigenvalue weighted by Crippen LogP contribution is -2.11. The van der Waals surface area contributed by atoms with Crippen LogP contribution in [0.3, 0.4) is 0 Å². The molecular formula is C114H125N9O8S. The van der Waals surface area contributed by atoms with Gasteiger partial charge >= 0.3 is 5.97 Å². The first kappa shape index (κ1) is 97.9. The van der Waals surface area contributed by atoms with Crippen LogP contribution in [0.4, 0.5) is 51.2 Å². The second kappa shape index (κ2) is 46.5. The largest absolute Gasteiger partial charge is 0.508 e. The molecule has 18 heteroatoms. The summed E-state index contributed by atoms with van der Waals surface area (Å²) in [5.41, 5.74) is 34.7. The lowest BCUT2D eigenvalue weighted by atomic mass is 9.84. The Morgan fingerprint density at radius 2 is 0.492 bits per heavy atom. The SMILES string of the molecule is CN(C)c1ccc(C(c2ccc(C(=O)O)cc2)c2ccc(N(C)C)cc2)cc1.CN(C)c1ccc(C(c2ccc(N(C)C)cc2)c2cc(O)cc(O)c2)cc1.CN(C)c1ccc(C(c2ccc(N(C)C)cc2)c2cccc(N)c2)cc1.CN(C)c1cccc(C(c2cccc(O)c2)c2cccc(N(C)C)c2)c1.CSOOc1ccc(C(c2ccc(C)cc2)c2cccc(O)c2)cc1. The van der Waals surface area contributed by atoms with Crippen LogP contribution < -0.4 is 49.8 Å². The van der Waals surface area contributed by atoms with Gasteiger partial charge in [-0.3, -0.25) is 0 Å². The van der Waals surface area contributed by atoms with Crippen LogP contribution in [0.2, 0.25) is 0 Å². The number of aryl methyl sites for hydroxylation is 1. The Hall–Kier alpha value is -14.7. The first-order chi connectivity index (χ1) is 63.3. The molecule has 0 bridgehead atoms. The van der Waals surface area contributed by atoms with Gasteiger partial charge in [0.05, 0.1) is 5.56 Å². The Morgan fingerprint density at radius 1 is 0.258 bits per heavy atom. The van der Waals surface area contributed by atoms with E-state index < -0.39 is 5.97 Å². The Bertz CT molecular complexity index is 5910. The first-order valence-corrected chi connectivity index (χ1v) is 45.0. The van der Waals surface area contributed by atoms with Gasteiger partial charge in [0.25, 0.3) is 0 Å². The number of carboxylic acid groups (broad SMARTS) is 1. The van der Waals surface area contributed by atoms with Crippen LogP contribution in [0.1, 0.15) is 129 Å². The standard InChI is InChI=1S/C24H26N2O2.C23H27N3.C23H26N2O2.C23H26N2O.C21H20O3S/c1-25(2)21-13-9-18(10-14-21)23(17-5-7-20(8-6-17)24(27)28)19-11-15-22(16-12-19)26(3)4;1-25(2)21-12-8-17(9-13-21)23(19-6-5-7-20(24)16-19)18-10-14-22(15-11-18)26(3)4;1-24(2)19-9-5-16(6-10-19)23(18-13-21(26)15-22(27)14-18)17-7-11-20(12-8-17)25(3)4;1-24(2)20-11-5-8-17(14-20)23(19-10-7-13-22(26)16-19)18-9-6-12-21(15-18)25(3)4;1-15-6-8-16(9-7-15)21(18-4-3-5-19(22)14-18)17-10-12-20(13-11-17)23-24-25-2/h5-16,23H,1-4H3,(H,27,28);5-16,23H,24H2,1-4H3;5-15,23,26-27H,1-4H3;5-16,23,26H,1-4H3;3-14,21-22H,1-2H3. The summed E-state index contributed by atoms with van der Waals surface area (Å²) in [6.45, 7) is 2.07. The number of carbonyl (C=O) groups is 1. The number of rotatable bonds is 27. The lowest BCUT2D eigenvalue weighted by molar-refractivity contribution is -0.0770. The maximum atomic E-state index is 11.2. The number of nitrogens with two attached hydrogens (primary N) is 1. The van der Waals surface area contributed by atoms with E-state index in [1.807, 2.05) is 135 Å². The van der Waals surface area contributed by atoms with Gasteiger partial charge in [-0.2, -0.15) is 0 Å². The van der Waals surface area contributed by atoms with E-state index in [4.69, 9.17) is 15.0 Å². The van der Waals surface area contributed by atoms with E-state index in [-0.39, 0.29) is 46.8 Å². The number of phenols is 4. The third-order valence-electron chi connectivity index (χ3n) is 23.1. The number of carboxylic acids is 1. The molecule has 0 amide bonds. The van der Waals surface area contributed by atoms with Crippen molar-refractivity contribution in [2.45, 2.75) is 36.5 Å². The van der Waals surface area contributed by atoms with Gasteiger partial charge in [0.2, 0.25) is 0 Å². The van der Waals surface area contributed by atoms with Gasteiger partial charge in [0.1, 0.15) is 23.0 Å². The Morgan fingerprint density at radius 3 is 0.773 bits per heavy atom. The molecule has 15 aromatic rings. The zero-order valence-electron chi connectivity index (χ0n) is 79.0. The highest BCUT2D eigenvalue weighted by atomic mass is 32.2. The number of benzene rings is 15. The predicted molar refractivity (Wildman–Crippen MR) is 554 cm³/mol. The summed E-state index contributed by atoms with van der Waals surface area (Å²) in [7, 11) is 32.6. The number of hydrogen-bond donors (Lipinski definition) is 6. The summed E-state index contributed by atoms with van der Waals surface area (Å²) in [6, 6.07) is 120. The third-order valence-corrected chi connectivity index (χ3v) is 23.3. The van der Waals surface area contributed by atoms with Gasteiger partial charge in [-0.05, 0) is 260 Å². The molecule has 1 atom stereocenters.